The molecule has 0 aromatic carbocycles. The summed E-state index contributed by atoms with van der Waals surface area (Å²) in [7, 11) is 0. The topological polar surface area (TPSA) is 231 Å². The average molecular weight is 464 g/mol. The van der Waals surface area contributed by atoms with Gasteiger partial charge in [-0.1, -0.05) is 0 Å². The van der Waals surface area contributed by atoms with Gasteiger partial charge in [0.25, 0.3) is 6.47 Å². The van der Waals surface area contributed by atoms with Crippen molar-refractivity contribution >= 4 is 35.9 Å². The first-order valence-corrected chi connectivity index (χ1v) is 9.31. The molecule has 0 bridgehead atoms. The molecule has 0 aromatic heterocycles. The Morgan fingerprint density at radius 1 is 0.875 bits per heavy atom. The van der Waals surface area contributed by atoms with Gasteiger partial charge >= 0.3 is 17.9 Å². The van der Waals surface area contributed by atoms with Crippen molar-refractivity contribution in [2.24, 2.45) is 11.8 Å². The lowest BCUT2D eigenvalue weighted by Gasteiger charge is -2.32. The second-order valence-electron chi connectivity index (χ2n) is 7.15. The maximum absolute atomic E-state index is 11.3. The highest BCUT2D eigenvalue weighted by Gasteiger charge is 2.50. The van der Waals surface area contributed by atoms with Gasteiger partial charge < -0.3 is 39.7 Å². The van der Waals surface area contributed by atoms with Crippen molar-refractivity contribution in [3.8, 4) is 0 Å². The van der Waals surface area contributed by atoms with E-state index in [2.05, 4.69) is 4.74 Å². The van der Waals surface area contributed by atoms with Crippen LogP contribution in [-0.2, 0) is 43.0 Å². The molecule has 180 valence electrons. The Hall–Kier alpha value is -2.94. The van der Waals surface area contributed by atoms with Crippen LogP contribution in [0.5, 0.6) is 0 Å². The van der Waals surface area contributed by atoms with Crippen LogP contribution < -0.4 is 0 Å². The lowest BCUT2D eigenvalue weighted by Crippen LogP contribution is -2.53. The molecule has 0 aliphatic carbocycles. The van der Waals surface area contributed by atoms with Crippen molar-refractivity contribution in [3.63, 3.8) is 0 Å². The summed E-state index contributed by atoms with van der Waals surface area (Å²) < 4.78 is 14.1. The van der Waals surface area contributed by atoms with Crippen LogP contribution >= 0.6 is 0 Å². The summed E-state index contributed by atoms with van der Waals surface area (Å²) in [6.45, 7) is -0.679. The van der Waals surface area contributed by atoms with Crippen LogP contribution in [0, 0.1) is 11.8 Å². The van der Waals surface area contributed by atoms with Crippen molar-refractivity contribution in [1.82, 2.24) is 0 Å². The Balaban J connectivity index is 0.000000320. The van der Waals surface area contributed by atoms with Gasteiger partial charge in [0, 0.05) is 19.3 Å². The maximum atomic E-state index is 11.3. The minimum atomic E-state index is -2.59. The molecular weight excluding hydrogens is 440 g/mol. The summed E-state index contributed by atoms with van der Waals surface area (Å²) in [5, 5.41) is 46.1. The second-order valence-corrected chi connectivity index (χ2v) is 7.15. The first-order chi connectivity index (χ1) is 14.9. The number of aliphatic hydroxyl groups is 2. The monoisotopic (exact) mass is 464 g/mol. The van der Waals surface area contributed by atoms with E-state index in [1.807, 2.05) is 0 Å². The number of hydrogen-bond donors (Lipinski definition) is 5. The first kappa shape index (κ1) is 27.1. The Labute approximate surface area is 180 Å². The third kappa shape index (κ3) is 7.05. The Kier molecular flexibility index (Phi) is 9.83. The summed E-state index contributed by atoms with van der Waals surface area (Å²) in [6, 6.07) is 0. The van der Waals surface area contributed by atoms with Crippen LogP contribution in [-0.4, -0.2) is 99.3 Å². The van der Waals surface area contributed by atoms with E-state index in [4.69, 9.17) is 24.8 Å². The average Bonchev–Trinajstić information content (AvgIpc) is 2.64. The SMILES string of the molecule is O=C1CCOCC(C(=O)O)C(O)(C(=O)O)C1.O=COC1(O)CC(=O)CCOCC1C(=O)O. The molecule has 4 unspecified atom stereocenters. The van der Waals surface area contributed by atoms with E-state index in [0.717, 1.165) is 0 Å². The predicted molar refractivity (Wildman–Crippen MR) is 97.1 cm³/mol. The van der Waals surface area contributed by atoms with Gasteiger partial charge in [-0.2, -0.15) is 0 Å². The van der Waals surface area contributed by atoms with Crippen LogP contribution in [0.25, 0.3) is 0 Å². The molecule has 2 heterocycles. The van der Waals surface area contributed by atoms with Crippen molar-refractivity contribution < 1.29 is 68.5 Å². The fraction of sp³-hybridized carbons (Fsp3) is 0.667. The quantitative estimate of drug-likeness (QED) is 0.215. The normalized spacial score (nSPS) is 31.4. The molecule has 5 N–H and O–H groups in total. The number of carboxylic acids is 3. The van der Waals surface area contributed by atoms with E-state index in [1.54, 1.807) is 0 Å². The smallest absolute Gasteiger partial charge is 0.337 e. The van der Waals surface area contributed by atoms with Gasteiger partial charge in [-0.05, 0) is 0 Å². The fourth-order valence-electron chi connectivity index (χ4n) is 3.02. The highest BCUT2D eigenvalue weighted by molar-refractivity contribution is 5.92. The summed E-state index contributed by atoms with van der Waals surface area (Å²) in [5.74, 6) is -11.0. The van der Waals surface area contributed by atoms with Gasteiger partial charge in [0.2, 0.25) is 5.79 Å². The van der Waals surface area contributed by atoms with Gasteiger partial charge in [-0.15, -0.1) is 0 Å². The van der Waals surface area contributed by atoms with Crippen LogP contribution in [0.4, 0.5) is 0 Å². The number of rotatable bonds is 5. The largest absolute Gasteiger partial charge is 0.481 e. The predicted octanol–water partition coefficient (Wildman–Crippen LogP) is -2.19. The number of ketones is 2. The van der Waals surface area contributed by atoms with E-state index < -0.39 is 72.1 Å². The summed E-state index contributed by atoms with van der Waals surface area (Å²) in [5.41, 5.74) is -2.59. The molecule has 0 saturated carbocycles. The van der Waals surface area contributed by atoms with Crippen molar-refractivity contribution in [2.75, 3.05) is 26.4 Å². The standard InChI is InChI=1S/2C9H12O7/c10-5-16-9(14)3-6(11)1-2-15-4-7(9)8(12)13;10-5-1-2-16-4-6(7(11)12)9(15,3-5)8(13)14/h5,7,14H,1-4H2,(H,12,13);6,15H,1-4H2,(H,11,12)(H,13,14). The Morgan fingerprint density at radius 3 is 1.78 bits per heavy atom. The third-order valence-electron chi connectivity index (χ3n) is 4.88. The molecule has 4 atom stereocenters. The molecular formula is C18H24O14. The number of aliphatic carboxylic acids is 3. The van der Waals surface area contributed by atoms with E-state index >= 15 is 0 Å². The molecule has 0 aromatic rings. The molecule has 14 heteroatoms. The Bertz CT molecular complexity index is 744. The van der Waals surface area contributed by atoms with Crippen LogP contribution in [0.2, 0.25) is 0 Å². The Morgan fingerprint density at radius 2 is 1.34 bits per heavy atom. The van der Waals surface area contributed by atoms with Gasteiger partial charge in [0.1, 0.15) is 23.4 Å². The number of carbonyl (C=O) groups is 6. The molecule has 14 nitrogen and oxygen atoms in total. The van der Waals surface area contributed by atoms with Gasteiger partial charge in [0.05, 0.1) is 32.8 Å². The summed E-state index contributed by atoms with van der Waals surface area (Å²) in [6.07, 6.45) is -1.21. The van der Waals surface area contributed by atoms with Gasteiger partial charge in [-0.25, -0.2) is 4.79 Å². The van der Waals surface area contributed by atoms with Gasteiger partial charge in [0.15, 0.2) is 5.60 Å². The van der Waals surface area contributed by atoms with Crippen LogP contribution in [0.1, 0.15) is 25.7 Å². The molecule has 2 aliphatic heterocycles. The molecule has 2 fully saturated rings. The minimum Gasteiger partial charge on any atom is -0.481 e. The summed E-state index contributed by atoms with van der Waals surface area (Å²) >= 11 is 0. The highest BCUT2D eigenvalue weighted by atomic mass is 16.6. The van der Waals surface area contributed by atoms with Crippen molar-refractivity contribution in [2.45, 2.75) is 37.1 Å². The lowest BCUT2D eigenvalue weighted by atomic mass is 9.82. The molecule has 0 radical (unpaired) electrons. The van der Waals surface area contributed by atoms with Crippen molar-refractivity contribution in [3.05, 3.63) is 0 Å². The number of carbonyl (C=O) groups excluding carboxylic acids is 3. The number of Topliss-reactive ketones (excluding diaryl/α,β-unsaturated/α-hetero) is 2. The van der Waals surface area contributed by atoms with Crippen LogP contribution in [0.15, 0.2) is 0 Å². The third-order valence-corrected chi connectivity index (χ3v) is 4.88. The van der Waals surface area contributed by atoms with E-state index in [9.17, 15) is 39.0 Å². The van der Waals surface area contributed by atoms with Crippen LogP contribution in [0.3, 0.4) is 0 Å². The minimum absolute atomic E-state index is 0.0259. The zero-order valence-electron chi connectivity index (χ0n) is 16.8. The highest BCUT2D eigenvalue weighted by Crippen LogP contribution is 2.27. The first-order valence-electron chi connectivity index (χ1n) is 9.31. The molecule has 2 aliphatic rings. The molecule has 0 amide bonds. The van der Waals surface area contributed by atoms with E-state index in [0.29, 0.717) is 0 Å². The fourth-order valence-corrected chi connectivity index (χ4v) is 3.02. The maximum Gasteiger partial charge on any atom is 0.337 e. The lowest BCUT2D eigenvalue weighted by molar-refractivity contribution is -0.234. The number of ether oxygens (including phenoxy) is 3. The second kappa shape index (κ2) is 11.6. The van der Waals surface area contributed by atoms with Gasteiger partial charge in [-0.3, -0.25) is 24.0 Å². The molecule has 0 spiro atoms. The molecule has 32 heavy (non-hydrogen) atoms. The molecule has 2 rings (SSSR count). The zero-order valence-corrected chi connectivity index (χ0v) is 16.8. The number of hydrogen-bond acceptors (Lipinski definition) is 11. The summed E-state index contributed by atoms with van der Waals surface area (Å²) in [4.78, 5) is 65.3. The van der Waals surface area contributed by atoms with Crippen molar-refractivity contribution in [1.29, 1.82) is 0 Å². The van der Waals surface area contributed by atoms with E-state index in [-0.39, 0.29) is 39.1 Å². The zero-order chi connectivity index (χ0) is 24.5. The molecule has 2 saturated heterocycles. The van der Waals surface area contributed by atoms with E-state index in [1.165, 1.54) is 0 Å². The number of carboxylic acid groups (broad SMARTS) is 3.